The molecular weight excluding hydrogens is 412 g/mol. The van der Waals surface area contributed by atoms with Crippen LogP contribution in [0.25, 0.3) is 11.0 Å². The summed E-state index contributed by atoms with van der Waals surface area (Å²) in [7, 11) is 0. The highest BCUT2D eigenvalue weighted by atomic mass is 32.2. The minimum absolute atomic E-state index is 0.138. The highest BCUT2D eigenvalue weighted by Gasteiger charge is 2.13. The molecule has 0 aliphatic heterocycles. The van der Waals surface area contributed by atoms with Gasteiger partial charge in [-0.2, -0.15) is 5.10 Å². The molecule has 4 rings (SSSR count). The molecule has 0 aliphatic carbocycles. The number of fused-ring (bicyclic) bond motifs is 1. The lowest BCUT2D eigenvalue weighted by molar-refractivity contribution is 0.0948. The minimum atomic E-state index is -0.192. The van der Waals surface area contributed by atoms with Gasteiger partial charge in [0, 0.05) is 12.7 Å². The molecule has 0 radical (unpaired) electrons. The van der Waals surface area contributed by atoms with Gasteiger partial charge in [0.2, 0.25) is 0 Å². The van der Waals surface area contributed by atoms with Crippen molar-refractivity contribution < 1.29 is 4.79 Å². The topological polar surface area (TPSA) is 94.7 Å². The molecular formula is C22H22N6O2S. The van der Waals surface area contributed by atoms with E-state index in [-0.39, 0.29) is 11.5 Å². The smallest absolute Gasteiger partial charge is 0.264 e. The molecule has 3 heterocycles. The number of pyridine rings is 1. The van der Waals surface area contributed by atoms with Crippen LogP contribution in [0.3, 0.4) is 0 Å². The Morgan fingerprint density at radius 2 is 1.97 bits per heavy atom. The summed E-state index contributed by atoms with van der Waals surface area (Å²) in [5, 5.41) is 8.31. The Hall–Kier alpha value is -3.46. The van der Waals surface area contributed by atoms with Crippen LogP contribution in [0.2, 0.25) is 0 Å². The third-order valence-electron chi connectivity index (χ3n) is 4.91. The summed E-state index contributed by atoms with van der Waals surface area (Å²) in [6.45, 7) is 3.23. The molecule has 0 unspecified atom stereocenters. The van der Waals surface area contributed by atoms with Gasteiger partial charge in [0.15, 0.2) is 5.65 Å². The summed E-state index contributed by atoms with van der Waals surface area (Å²) >= 11 is 1.42. The second-order valence-corrected chi connectivity index (χ2v) is 7.88. The Balaban J connectivity index is 1.45. The van der Waals surface area contributed by atoms with Crippen molar-refractivity contribution >= 4 is 28.7 Å². The third-order valence-corrected chi connectivity index (χ3v) is 5.63. The standard InChI is InChI=1S/C22H22N6O2S/c1-15-5-7-16(8-6-15)13-27-14-25-19-18(22(27)30)12-26-28(19)11-10-23-20(29)17-4-3-9-24-21(17)31-2/h3-9,12,14H,10-11,13H2,1-2H3,(H,23,29). The number of nitrogens with zero attached hydrogens (tertiary/aromatic N) is 5. The molecule has 4 aromatic rings. The van der Waals surface area contributed by atoms with E-state index in [1.807, 2.05) is 37.4 Å². The van der Waals surface area contributed by atoms with Crippen molar-refractivity contribution in [2.75, 3.05) is 12.8 Å². The maximum atomic E-state index is 12.8. The Morgan fingerprint density at radius 3 is 2.74 bits per heavy atom. The minimum Gasteiger partial charge on any atom is -0.350 e. The molecule has 1 N–H and O–H groups in total. The van der Waals surface area contributed by atoms with Crippen molar-refractivity contribution in [3.05, 3.63) is 82.2 Å². The van der Waals surface area contributed by atoms with Crippen molar-refractivity contribution in [2.24, 2.45) is 0 Å². The van der Waals surface area contributed by atoms with E-state index in [0.717, 1.165) is 5.56 Å². The summed E-state index contributed by atoms with van der Waals surface area (Å²) in [5.41, 5.74) is 3.11. The molecule has 3 aromatic heterocycles. The van der Waals surface area contributed by atoms with Crippen LogP contribution in [-0.4, -0.2) is 43.0 Å². The molecule has 0 bridgehead atoms. The first-order valence-corrected chi connectivity index (χ1v) is 11.0. The van der Waals surface area contributed by atoms with Crippen molar-refractivity contribution in [1.29, 1.82) is 0 Å². The Labute approximate surface area is 183 Å². The molecule has 1 amide bonds. The fourth-order valence-corrected chi connectivity index (χ4v) is 3.81. The summed E-state index contributed by atoms with van der Waals surface area (Å²) in [5.74, 6) is -0.192. The number of carbonyl (C=O) groups is 1. The van der Waals surface area contributed by atoms with Crippen LogP contribution in [0.4, 0.5) is 0 Å². The normalized spacial score (nSPS) is 11.0. The SMILES string of the molecule is CSc1ncccc1C(=O)NCCn1ncc2c(=O)n(Cc3ccc(C)cc3)cnc21. The van der Waals surface area contributed by atoms with E-state index in [2.05, 4.69) is 20.4 Å². The van der Waals surface area contributed by atoms with Crippen LogP contribution in [0.15, 0.2) is 64.9 Å². The van der Waals surface area contributed by atoms with Crippen LogP contribution in [0, 0.1) is 6.92 Å². The molecule has 158 valence electrons. The van der Waals surface area contributed by atoms with Gasteiger partial charge < -0.3 is 5.32 Å². The summed E-state index contributed by atoms with van der Waals surface area (Å²) in [6.07, 6.45) is 6.62. The van der Waals surface area contributed by atoms with E-state index in [9.17, 15) is 9.59 Å². The van der Waals surface area contributed by atoms with E-state index in [0.29, 0.717) is 41.3 Å². The summed E-state index contributed by atoms with van der Waals surface area (Å²) in [4.78, 5) is 33.9. The predicted molar refractivity (Wildman–Crippen MR) is 120 cm³/mol. The molecule has 1 aromatic carbocycles. The Morgan fingerprint density at radius 1 is 1.16 bits per heavy atom. The van der Waals surface area contributed by atoms with Gasteiger partial charge >= 0.3 is 0 Å². The first-order valence-electron chi connectivity index (χ1n) is 9.80. The van der Waals surface area contributed by atoms with Crippen LogP contribution in [-0.2, 0) is 13.1 Å². The number of amides is 1. The Kier molecular flexibility index (Phi) is 6.13. The monoisotopic (exact) mass is 434 g/mol. The number of hydrogen-bond donors (Lipinski definition) is 1. The third kappa shape index (κ3) is 4.51. The van der Waals surface area contributed by atoms with Gasteiger partial charge in [0.1, 0.15) is 16.7 Å². The first kappa shape index (κ1) is 20.8. The lowest BCUT2D eigenvalue weighted by Crippen LogP contribution is -2.28. The summed E-state index contributed by atoms with van der Waals surface area (Å²) in [6, 6.07) is 11.5. The fourth-order valence-electron chi connectivity index (χ4n) is 3.26. The molecule has 31 heavy (non-hydrogen) atoms. The van der Waals surface area contributed by atoms with Crippen molar-refractivity contribution in [2.45, 2.75) is 25.0 Å². The molecule has 0 aliphatic rings. The molecule has 9 heteroatoms. The van der Waals surface area contributed by atoms with Gasteiger partial charge in [-0.1, -0.05) is 29.8 Å². The van der Waals surface area contributed by atoms with E-state index in [1.165, 1.54) is 23.5 Å². The molecule has 8 nitrogen and oxygen atoms in total. The fraction of sp³-hybridized carbons (Fsp3) is 0.227. The van der Waals surface area contributed by atoms with Crippen molar-refractivity contribution in [1.82, 2.24) is 29.6 Å². The molecule has 0 atom stereocenters. The second kappa shape index (κ2) is 9.13. The van der Waals surface area contributed by atoms with Gasteiger partial charge in [0.25, 0.3) is 11.5 Å². The second-order valence-electron chi connectivity index (χ2n) is 7.08. The van der Waals surface area contributed by atoms with Gasteiger partial charge in [-0.05, 0) is 30.9 Å². The van der Waals surface area contributed by atoms with Crippen LogP contribution < -0.4 is 10.9 Å². The summed E-state index contributed by atoms with van der Waals surface area (Å²) < 4.78 is 3.21. The van der Waals surface area contributed by atoms with Crippen LogP contribution >= 0.6 is 11.8 Å². The van der Waals surface area contributed by atoms with E-state index in [1.54, 1.807) is 33.9 Å². The average Bonchev–Trinajstić information content (AvgIpc) is 3.20. The zero-order chi connectivity index (χ0) is 21.8. The average molecular weight is 435 g/mol. The largest absolute Gasteiger partial charge is 0.350 e. The number of aryl methyl sites for hydroxylation is 1. The lowest BCUT2D eigenvalue weighted by atomic mass is 10.1. The van der Waals surface area contributed by atoms with Gasteiger partial charge in [0.05, 0.1) is 24.8 Å². The zero-order valence-corrected chi connectivity index (χ0v) is 18.1. The number of aromatic nitrogens is 5. The molecule has 0 saturated heterocycles. The van der Waals surface area contributed by atoms with Gasteiger partial charge in [-0.15, -0.1) is 11.8 Å². The van der Waals surface area contributed by atoms with E-state index in [4.69, 9.17) is 0 Å². The number of hydrogen-bond acceptors (Lipinski definition) is 6. The first-order chi connectivity index (χ1) is 15.1. The maximum Gasteiger partial charge on any atom is 0.264 e. The van der Waals surface area contributed by atoms with Crippen LogP contribution in [0.1, 0.15) is 21.5 Å². The number of carbonyl (C=O) groups excluding carboxylic acids is 1. The lowest BCUT2D eigenvalue weighted by Gasteiger charge is -2.09. The molecule has 0 spiro atoms. The van der Waals surface area contributed by atoms with Crippen molar-refractivity contribution in [3.8, 4) is 0 Å². The van der Waals surface area contributed by atoms with Crippen molar-refractivity contribution in [3.63, 3.8) is 0 Å². The molecule has 0 saturated carbocycles. The number of benzene rings is 1. The predicted octanol–water partition coefficient (Wildman–Crippen LogP) is 2.50. The van der Waals surface area contributed by atoms with E-state index < -0.39 is 0 Å². The number of rotatable bonds is 7. The van der Waals surface area contributed by atoms with Gasteiger partial charge in [-0.3, -0.25) is 14.2 Å². The quantitative estimate of drug-likeness (QED) is 0.449. The maximum absolute atomic E-state index is 12.8. The number of thioether (sulfide) groups is 1. The highest BCUT2D eigenvalue weighted by molar-refractivity contribution is 7.98. The van der Waals surface area contributed by atoms with Crippen LogP contribution in [0.5, 0.6) is 0 Å². The molecule has 0 fully saturated rings. The number of nitrogens with one attached hydrogen (secondary N) is 1. The van der Waals surface area contributed by atoms with Gasteiger partial charge in [-0.25, -0.2) is 14.6 Å². The zero-order valence-electron chi connectivity index (χ0n) is 17.3. The Bertz CT molecular complexity index is 1280. The highest BCUT2D eigenvalue weighted by Crippen LogP contribution is 2.16. The van der Waals surface area contributed by atoms with E-state index >= 15 is 0 Å².